The van der Waals surface area contributed by atoms with E-state index in [1.165, 1.54) is 0 Å². The Kier molecular flexibility index (Phi) is 39.3. The third-order valence-corrected chi connectivity index (χ3v) is 0. The van der Waals surface area contributed by atoms with E-state index in [4.69, 9.17) is 135 Å². The van der Waals surface area contributed by atoms with Crippen molar-refractivity contribution in [2.24, 2.45) is 0 Å². The summed E-state index contributed by atoms with van der Waals surface area (Å²) in [6, 6.07) is 0. The van der Waals surface area contributed by atoms with E-state index in [9.17, 15) is 0 Å². The summed E-state index contributed by atoms with van der Waals surface area (Å²) in [7, 11) is -32.5. The Morgan fingerprint density at radius 2 is 0.222 bits per heavy atom. The fraction of sp³-hybridized carbons (Fsp3) is 0. The van der Waals surface area contributed by atoms with Crippen molar-refractivity contribution >= 4 is 54.8 Å². The minimum absolute atomic E-state index is 0. The zero-order valence-electron chi connectivity index (χ0n) is 17.4. The molecule has 0 heterocycles. The van der Waals surface area contributed by atoms with Crippen molar-refractivity contribution in [1.29, 1.82) is 0 Å². The van der Waals surface area contributed by atoms with E-state index in [0.717, 1.165) is 0 Å². The predicted molar refractivity (Wildman–Crippen MR) is 101 cm³/mol. The van der Waals surface area contributed by atoms with Crippen molar-refractivity contribution in [3.63, 3.8) is 0 Å². The van der Waals surface area contributed by atoms with Crippen molar-refractivity contribution in [3.05, 3.63) is 0 Å². The summed E-state index contributed by atoms with van der Waals surface area (Å²) in [5.41, 5.74) is 0. The second kappa shape index (κ2) is 24.6. The normalized spacial score (nSPS) is 11.5. The first kappa shape index (κ1) is 57.6. The van der Waals surface area contributed by atoms with Gasteiger partial charge in [-0.2, -0.15) is 0 Å². The molecule has 0 aliphatic rings. The van der Waals surface area contributed by atoms with Gasteiger partial charge in [0, 0.05) is 0 Å². The van der Waals surface area contributed by atoms with Crippen molar-refractivity contribution in [2.75, 3.05) is 0 Å². The maximum Gasteiger partial charge on any atom is 1.00 e. The largest absolute Gasteiger partial charge is 1.00 e. The molecule has 0 atom stereocenters. The van der Waals surface area contributed by atoms with Crippen LogP contribution < -0.4 is 29.6 Å². The van der Waals surface area contributed by atoms with E-state index in [0.29, 0.717) is 0 Å². The Morgan fingerprint density at radius 3 is 0.222 bits per heavy atom. The molecule has 0 radical (unpaired) electrons. The van der Waals surface area contributed by atoms with Gasteiger partial charge in [-0.3, -0.25) is 0 Å². The molecule has 0 saturated carbocycles. The molecule has 36 heavy (non-hydrogen) atoms. The van der Waals surface area contributed by atoms with Gasteiger partial charge in [0.15, 0.2) is 0 Å². The van der Waals surface area contributed by atoms with E-state index < -0.39 is 54.8 Å². The van der Waals surface area contributed by atoms with E-state index in [1.807, 2.05) is 0 Å². The molecule has 0 fully saturated rings. The van der Waals surface area contributed by atoms with Gasteiger partial charge in [-0.1, -0.05) is 0 Å². The Balaban J connectivity index is -0.0000000350. The van der Waals surface area contributed by atoms with Crippen LogP contribution in [0.5, 0.6) is 0 Å². The smallest absolute Gasteiger partial charge is 1.00 e. The summed E-state index contributed by atoms with van der Waals surface area (Å²) in [5, 5.41) is 0. The second-order valence-electron chi connectivity index (χ2n) is 3.59. The Hall–Kier alpha value is 1.77. The Labute approximate surface area is 220 Å². The number of hydrogen-bond donors (Lipinski definition) is 21. The maximum absolute atomic E-state index is 8.88. The van der Waals surface area contributed by atoms with Crippen LogP contribution in [-0.2, 0) is 32.0 Å². The van der Waals surface area contributed by atoms with Gasteiger partial charge in [-0.15, -0.1) is 0 Å². The van der Waals surface area contributed by atoms with E-state index >= 15 is 0 Å². The average Bonchev–Trinajstić information content (AvgIpc) is 2.06. The molecule has 28 nitrogen and oxygen atoms in total. The average molecular weight is 710 g/mol. The monoisotopic (exact) mass is 710 g/mol. The van der Waals surface area contributed by atoms with Gasteiger partial charge < -0.3 is 104 Å². The first-order chi connectivity index (χ1) is 14.0. The van der Waals surface area contributed by atoms with Crippen LogP contribution in [0.2, 0.25) is 0 Å². The standard InChI is InChI=1S/Na.7H3O4P.H/c;7*1-5(2,3)4;/h;7*(H3,1,2,3,4);/q+1;;;;;;;;-1. The first-order valence-corrected chi connectivity index (χ1v) is 16.4. The van der Waals surface area contributed by atoms with Crippen LogP contribution >= 0.6 is 54.8 Å². The van der Waals surface area contributed by atoms with Gasteiger partial charge in [-0.05, 0) is 0 Å². The third-order valence-electron chi connectivity index (χ3n) is 0. The summed E-state index contributed by atoms with van der Waals surface area (Å²) in [6.07, 6.45) is 0. The second-order valence-corrected chi connectivity index (χ2v) is 10.8. The van der Waals surface area contributed by atoms with Gasteiger partial charge in [0.05, 0.1) is 0 Å². The zero-order valence-corrected chi connectivity index (χ0v) is 24.6. The van der Waals surface area contributed by atoms with Crippen LogP contribution in [0.15, 0.2) is 0 Å². The van der Waals surface area contributed by atoms with Crippen LogP contribution in [-0.4, -0.2) is 103 Å². The molecule has 36 heteroatoms. The van der Waals surface area contributed by atoms with Gasteiger partial charge in [0.25, 0.3) is 0 Å². The van der Waals surface area contributed by atoms with Crippen molar-refractivity contribution in [1.82, 2.24) is 0 Å². The quantitative estimate of drug-likeness (QED) is 0.0819. The van der Waals surface area contributed by atoms with Crippen molar-refractivity contribution in [3.8, 4) is 0 Å². The fourth-order valence-corrected chi connectivity index (χ4v) is 0. The molecule has 0 amide bonds. The molecule has 0 aromatic rings. The van der Waals surface area contributed by atoms with Crippen LogP contribution in [0.4, 0.5) is 0 Å². The molecule has 0 spiro atoms. The topological polar surface area (TPSA) is 544 Å². The molecule has 0 rings (SSSR count). The molecule has 0 saturated heterocycles. The SMILES string of the molecule is O=P(O)(O)O.O=P(O)(O)O.O=P(O)(O)O.O=P(O)(O)O.O=P(O)(O)O.O=P(O)(O)O.O=P(O)(O)O.[H-].[Na+]. The van der Waals surface area contributed by atoms with Crippen LogP contribution in [0, 0.1) is 0 Å². The minimum Gasteiger partial charge on any atom is -1.00 e. The molecule has 0 unspecified atom stereocenters. The minimum atomic E-state index is -4.64. The van der Waals surface area contributed by atoms with E-state index in [2.05, 4.69) is 0 Å². The van der Waals surface area contributed by atoms with Gasteiger partial charge in [-0.25, -0.2) is 32.0 Å². The van der Waals surface area contributed by atoms with Gasteiger partial charge in [0.2, 0.25) is 0 Å². The summed E-state index contributed by atoms with van der Waals surface area (Å²) in [4.78, 5) is 151. The Morgan fingerprint density at radius 1 is 0.222 bits per heavy atom. The van der Waals surface area contributed by atoms with Gasteiger partial charge >= 0.3 is 84.3 Å². The van der Waals surface area contributed by atoms with E-state index in [-0.39, 0.29) is 31.0 Å². The van der Waals surface area contributed by atoms with Crippen molar-refractivity contribution in [2.45, 2.75) is 0 Å². The molecule has 0 bridgehead atoms. The number of phosphoric acid groups is 7. The summed E-state index contributed by atoms with van der Waals surface area (Å²) < 4.78 is 62.2. The Bertz CT molecular complexity index is 558. The molecular weight excluding hydrogens is 688 g/mol. The summed E-state index contributed by atoms with van der Waals surface area (Å²) in [6.45, 7) is 0. The number of hydrogen-bond acceptors (Lipinski definition) is 7. The third kappa shape index (κ3) is 13800. The summed E-state index contributed by atoms with van der Waals surface area (Å²) in [5.74, 6) is 0. The fourth-order valence-electron chi connectivity index (χ4n) is 0. The molecule has 0 aliphatic carbocycles. The van der Waals surface area contributed by atoms with Gasteiger partial charge in [0.1, 0.15) is 0 Å². The van der Waals surface area contributed by atoms with Crippen LogP contribution in [0.3, 0.4) is 0 Å². The molecule has 226 valence electrons. The first-order valence-electron chi connectivity index (χ1n) is 5.48. The van der Waals surface area contributed by atoms with Crippen LogP contribution in [0.25, 0.3) is 0 Å². The van der Waals surface area contributed by atoms with Crippen LogP contribution in [0.1, 0.15) is 1.43 Å². The number of rotatable bonds is 0. The molecule has 0 aliphatic heterocycles. The molecular formula is H22NaO28P7. The van der Waals surface area contributed by atoms with E-state index in [1.54, 1.807) is 0 Å². The molecule has 0 aromatic carbocycles. The molecule has 0 aromatic heterocycles. The van der Waals surface area contributed by atoms with Crippen molar-refractivity contribution < 1.29 is 166 Å². The summed E-state index contributed by atoms with van der Waals surface area (Å²) >= 11 is 0. The molecule has 21 N–H and O–H groups in total. The maximum atomic E-state index is 8.88. The predicted octanol–water partition coefficient (Wildman–Crippen LogP) is -9.38. The zero-order chi connectivity index (χ0) is 31.5.